The number of anilines is 1. The van der Waals surface area contributed by atoms with Crippen LogP contribution in [-0.4, -0.2) is 55.5 Å². The van der Waals surface area contributed by atoms with Gasteiger partial charge in [-0.25, -0.2) is 4.79 Å². The molecule has 12 heteroatoms. The van der Waals surface area contributed by atoms with Gasteiger partial charge in [-0.05, 0) is 30.7 Å². The van der Waals surface area contributed by atoms with Gasteiger partial charge in [0.25, 0.3) is 11.6 Å². The summed E-state index contributed by atoms with van der Waals surface area (Å²) >= 11 is 0. The van der Waals surface area contributed by atoms with Crippen molar-refractivity contribution in [2.24, 2.45) is 0 Å². The molecule has 1 atom stereocenters. The second-order valence-corrected chi connectivity index (χ2v) is 7.21. The van der Waals surface area contributed by atoms with Gasteiger partial charge < -0.3 is 24.8 Å². The quantitative estimate of drug-likeness (QED) is 0.347. The molecule has 2 aromatic rings. The van der Waals surface area contributed by atoms with Crippen molar-refractivity contribution in [3.63, 3.8) is 0 Å². The normalized spacial score (nSPS) is 17.4. The predicted octanol–water partition coefficient (Wildman–Crippen LogP) is 2.03. The molecule has 0 bridgehead atoms. The van der Waals surface area contributed by atoms with Gasteiger partial charge in [-0.1, -0.05) is 6.07 Å². The lowest BCUT2D eigenvalue weighted by Crippen LogP contribution is -2.42. The molecule has 1 unspecified atom stereocenters. The molecule has 174 valence electrons. The van der Waals surface area contributed by atoms with E-state index in [1.807, 2.05) is 0 Å². The Bertz CT molecular complexity index is 1140. The van der Waals surface area contributed by atoms with Crippen LogP contribution in [-0.2, 0) is 15.1 Å². The van der Waals surface area contributed by atoms with Crippen LogP contribution in [0.4, 0.5) is 16.2 Å². The first-order valence-electron chi connectivity index (χ1n) is 9.63. The van der Waals surface area contributed by atoms with Gasteiger partial charge in [-0.2, -0.15) is 0 Å². The molecule has 1 heterocycles. The Morgan fingerprint density at radius 3 is 2.33 bits per heavy atom. The molecule has 2 N–H and O–H groups in total. The maximum absolute atomic E-state index is 13.1. The van der Waals surface area contributed by atoms with E-state index in [4.69, 9.17) is 14.2 Å². The second-order valence-electron chi connectivity index (χ2n) is 7.21. The smallest absolute Gasteiger partial charge is 0.325 e. The third-order valence-corrected chi connectivity index (χ3v) is 5.21. The van der Waals surface area contributed by atoms with Gasteiger partial charge in [0.1, 0.15) is 17.8 Å². The van der Waals surface area contributed by atoms with Crippen LogP contribution in [0.15, 0.2) is 36.4 Å². The van der Waals surface area contributed by atoms with Gasteiger partial charge in [-0.15, -0.1) is 0 Å². The highest BCUT2D eigenvalue weighted by atomic mass is 16.6. The number of carbonyl (C=O) groups is 3. The maximum Gasteiger partial charge on any atom is 0.325 e. The first-order chi connectivity index (χ1) is 15.6. The predicted molar refractivity (Wildman–Crippen MR) is 115 cm³/mol. The van der Waals surface area contributed by atoms with Crippen molar-refractivity contribution >= 4 is 29.2 Å². The third kappa shape index (κ3) is 4.35. The Morgan fingerprint density at radius 2 is 1.73 bits per heavy atom. The molecule has 0 spiro atoms. The molecule has 0 aliphatic carbocycles. The van der Waals surface area contributed by atoms with Gasteiger partial charge in [-0.3, -0.25) is 24.6 Å². The van der Waals surface area contributed by atoms with Crippen molar-refractivity contribution in [3.05, 3.63) is 52.1 Å². The number of nitrogens with one attached hydrogen (secondary N) is 2. The standard InChI is InChI=1S/C21H22N4O8/c1-21(12-5-8-15(31-2)17(9-12)33-4)19(27)24(20(28)23-21)11-18(26)22-14-7-6-13(25(29)30)10-16(14)32-3/h5-10H,11H2,1-4H3,(H,22,26)(H,23,28). The Balaban J connectivity index is 1.79. The van der Waals surface area contributed by atoms with Crippen LogP contribution in [0.5, 0.6) is 17.2 Å². The fraction of sp³-hybridized carbons (Fsp3) is 0.286. The molecule has 12 nitrogen and oxygen atoms in total. The summed E-state index contributed by atoms with van der Waals surface area (Å²) in [5, 5.41) is 16.0. The molecule has 1 saturated heterocycles. The summed E-state index contributed by atoms with van der Waals surface area (Å²) < 4.78 is 15.5. The van der Waals surface area contributed by atoms with Crippen LogP contribution in [0, 0.1) is 10.1 Å². The van der Waals surface area contributed by atoms with E-state index in [0.29, 0.717) is 17.1 Å². The SMILES string of the molecule is COc1cc([N+](=O)[O-])ccc1NC(=O)CN1C(=O)NC(C)(c2ccc(OC)c(OC)c2)C1=O. The first kappa shape index (κ1) is 23.3. The number of hydrogen-bond acceptors (Lipinski definition) is 8. The van der Waals surface area contributed by atoms with Crippen LogP contribution >= 0.6 is 0 Å². The van der Waals surface area contributed by atoms with E-state index in [1.165, 1.54) is 40.4 Å². The number of imide groups is 1. The van der Waals surface area contributed by atoms with Crippen LogP contribution < -0.4 is 24.8 Å². The molecule has 4 amide bonds. The summed E-state index contributed by atoms with van der Waals surface area (Å²) in [5.74, 6) is -0.438. The molecule has 3 rings (SSSR count). The van der Waals surface area contributed by atoms with Crippen molar-refractivity contribution in [2.45, 2.75) is 12.5 Å². The minimum Gasteiger partial charge on any atom is -0.494 e. The third-order valence-electron chi connectivity index (χ3n) is 5.21. The average molecular weight is 458 g/mol. The number of nitro groups is 1. The zero-order valence-electron chi connectivity index (χ0n) is 18.3. The largest absolute Gasteiger partial charge is 0.494 e. The second kappa shape index (κ2) is 9.02. The number of urea groups is 1. The minimum absolute atomic E-state index is 0.0601. The zero-order valence-corrected chi connectivity index (χ0v) is 18.3. The Hall–Kier alpha value is -4.35. The maximum atomic E-state index is 13.1. The lowest BCUT2D eigenvalue weighted by molar-refractivity contribution is -0.384. The van der Waals surface area contributed by atoms with Crippen LogP contribution in [0.25, 0.3) is 0 Å². The summed E-state index contributed by atoms with van der Waals surface area (Å²) in [4.78, 5) is 49.3. The summed E-state index contributed by atoms with van der Waals surface area (Å²) in [6.07, 6.45) is 0. The molecule has 1 aliphatic rings. The highest BCUT2D eigenvalue weighted by Crippen LogP contribution is 2.35. The highest BCUT2D eigenvalue weighted by Gasteiger charge is 2.49. The summed E-state index contributed by atoms with van der Waals surface area (Å²) in [6, 6.07) is 7.69. The fourth-order valence-corrected chi connectivity index (χ4v) is 3.41. The number of rotatable bonds is 8. The van der Waals surface area contributed by atoms with Gasteiger partial charge in [0, 0.05) is 6.07 Å². The van der Waals surface area contributed by atoms with Crippen LogP contribution in [0.1, 0.15) is 12.5 Å². The van der Waals surface area contributed by atoms with E-state index in [0.717, 1.165) is 11.0 Å². The average Bonchev–Trinajstić information content (AvgIpc) is 3.02. The number of carbonyl (C=O) groups excluding carboxylic acids is 3. The van der Waals surface area contributed by atoms with Crippen molar-refractivity contribution in [3.8, 4) is 17.2 Å². The van der Waals surface area contributed by atoms with Crippen molar-refractivity contribution in [2.75, 3.05) is 33.2 Å². The number of nitrogens with zero attached hydrogens (tertiary/aromatic N) is 2. The highest BCUT2D eigenvalue weighted by molar-refractivity contribution is 6.10. The number of hydrogen-bond donors (Lipinski definition) is 2. The lowest BCUT2D eigenvalue weighted by atomic mass is 9.91. The van der Waals surface area contributed by atoms with E-state index < -0.39 is 34.9 Å². The first-order valence-corrected chi connectivity index (χ1v) is 9.63. The van der Waals surface area contributed by atoms with Crippen molar-refractivity contribution in [1.82, 2.24) is 10.2 Å². The monoisotopic (exact) mass is 458 g/mol. The summed E-state index contributed by atoms with van der Waals surface area (Å²) in [5.41, 5.74) is -1.05. The Labute approximate surface area is 188 Å². The van der Waals surface area contributed by atoms with E-state index >= 15 is 0 Å². The van der Waals surface area contributed by atoms with E-state index in [-0.39, 0.29) is 17.1 Å². The number of amides is 4. The molecule has 33 heavy (non-hydrogen) atoms. The van der Waals surface area contributed by atoms with Gasteiger partial charge in [0.05, 0.1) is 38.0 Å². The molecule has 1 fully saturated rings. The summed E-state index contributed by atoms with van der Waals surface area (Å²) in [7, 11) is 4.21. The van der Waals surface area contributed by atoms with Gasteiger partial charge in [0.2, 0.25) is 5.91 Å². The topological polar surface area (TPSA) is 149 Å². The lowest BCUT2D eigenvalue weighted by Gasteiger charge is -2.23. The molecular weight excluding hydrogens is 436 g/mol. The number of nitro benzene ring substituents is 1. The molecule has 0 saturated carbocycles. The van der Waals surface area contributed by atoms with E-state index in [2.05, 4.69) is 10.6 Å². The molecular formula is C21H22N4O8. The van der Waals surface area contributed by atoms with E-state index in [9.17, 15) is 24.5 Å². The van der Waals surface area contributed by atoms with Gasteiger partial charge >= 0.3 is 6.03 Å². The summed E-state index contributed by atoms with van der Waals surface area (Å²) in [6.45, 7) is 0.944. The van der Waals surface area contributed by atoms with E-state index in [1.54, 1.807) is 18.2 Å². The molecule has 1 aliphatic heterocycles. The number of benzene rings is 2. The molecule has 0 aromatic heterocycles. The van der Waals surface area contributed by atoms with Gasteiger partial charge in [0.15, 0.2) is 11.5 Å². The minimum atomic E-state index is -1.43. The number of methoxy groups -OCH3 is 3. The molecule has 2 aromatic carbocycles. The number of non-ortho nitro benzene ring substituents is 1. The Morgan fingerprint density at radius 1 is 1.06 bits per heavy atom. The van der Waals surface area contributed by atoms with Crippen molar-refractivity contribution in [1.29, 1.82) is 0 Å². The fourth-order valence-electron chi connectivity index (χ4n) is 3.41. The zero-order chi connectivity index (χ0) is 24.3. The van der Waals surface area contributed by atoms with Crippen LogP contribution in [0.2, 0.25) is 0 Å². The Kier molecular flexibility index (Phi) is 6.38. The molecule has 0 radical (unpaired) electrons. The van der Waals surface area contributed by atoms with Crippen LogP contribution in [0.3, 0.4) is 0 Å². The number of ether oxygens (including phenoxy) is 3. The van der Waals surface area contributed by atoms with Crippen molar-refractivity contribution < 1.29 is 33.5 Å².